The van der Waals surface area contributed by atoms with Crippen molar-refractivity contribution in [2.45, 2.75) is 18.9 Å². The number of anilines is 2. The molecule has 132 valence electrons. The van der Waals surface area contributed by atoms with E-state index in [2.05, 4.69) is 20.5 Å². The highest BCUT2D eigenvalue weighted by atomic mass is 19.1. The summed E-state index contributed by atoms with van der Waals surface area (Å²) in [6.45, 7) is 1.93. The van der Waals surface area contributed by atoms with Crippen LogP contribution in [0.15, 0.2) is 42.6 Å². The van der Waals surface area contributed by atoms with Gasteiger partial charge in [0.2, 0.25) is 0 Å². The first kappa shape index (κ1) is 17.2. The van der Waals surface area contributed by atoms with Crippen molar-refractivity contribution >= 4 is 17.5 Å². The zero-order valence-electron chi connectivity index (χ0n) is 13.8. The van der Waals surface area contributed by atoms with Gasteiger partial charge in [-0.2, -0.15) is 0 Å². The molecule has 3 rings (SSSR count). The fraction of sp³-hybridized carbons (Fsp3) is 0.333. The molecule has 0 saturated carbocycles. The minimum Gasteiger partial charge on any atom is -0.386 e. The first-order chi connectivity index (χ1) is 12.1. The average Bonchev–Trinajstić information content (AvgIpc) is 3.15. The average molecular weight is 344 g/mol. The van der Waals surface area contributed by atoms with E-state index in [9.17, 15) is 14.3 Å². The molecule has 1 atom stereocenters. The number of pyridine rings is 1. The highest BCUT2D eigenvalue weighted by Gasteiger charge is 2.15. The van der Waals surface area contributed by atoms with Crippen LogP contribution in [-0.2, 0) is 0 Å². The predicted molar refractivity (Wildman–Crippen MR) is 94.1 cm³/mol. The van der Waals surface area contributed by atoms with Crippen LogP contribution in [0.25, 0.3) is 0 Å². The van der Waals surface area contributed by atoms with E-state index in [1.54, 1.807) is 24.4 Å². The van der Waals surface area contributed by atoms with Gasteiger partial charge in [0.05, 0.1) is 18.0 Å². The van der Waals surface area contributed by atoms with Crippen molar-refractivity contribution in [1.29, 1.82) is 0 Å². The fourth-order valence-electron chi connectivity index (χ4n) is 2.81. The molecule has 2 heterocycles. The van der Waals surface area contributed by atoms with Crippen molar-refractivity contribution in [3.05, 3.63) is 54.0 Å². The van der Waals surface area contributed by atoms with Gasteiger partial charge in [0.15, 0.2) is 0 Å². The lowest BCUT2D eigenvalue weighted by atomic mass is 10.1. The van der Waals surface area contributed by atoms with Crippen molar-refractivity contribution in [1.82, 2.24) is 10.3 Å². The van der Waals surface area contributed by atoms with Gasteiger partial charge in [-0.3, -0.25) is 0 Å². The third kappa shape index (κ3) is 4.45. The first-order valence-corrected chi connectivity index (χ1v) is 8.32. The van der Waals surface area contributed by atoms with Crippen molar-refractivity contribution in [2.24, 2.45) is 0 Å². The largest absolute Gasteiger partial charge is 0.386 e. The summed E-state index contributed by atoms with van der Waals surface area (Å²) < 4.78 is 13.6. The number of nitrogens with one attached hydrogen (secondary N) is 2. The van der Waals surface area contributed by atoms with E-state index in [-0.39, 0.29) is 12.1 Å². The van der Waals surface area contributed by atoms with Gasteiger partial charge in [-0.05, 0) is 31.0 Å². The van der Waals surface area contributed by atoms with E-state index in [0.717, 1.165) is 18.9 Å². The predicted octanol–water partition coefficient (Wildman–Crippen LogP) is 2.68. The molecule has 1 aromatic carbocycles. The van der Waals surface area contributed by atoms with E-state index in [1.165, 1.54) is 25.0 Å². The first-order valence-electron chi connectivity index (χ1n) is 8.32. The molecule has 6 nitrogen and oxygen atoms in total. The van der Waals surface area contributed by atoms with Crippen molar-refractivity contribution < 1.29 is 14.3 Å². The van der Waals surface area contributed by atoms with Gasteiger partial charge in [-0.1, -0.05) is 18.2 Å². The molecule has 3 N–H and O–H groups in total. The summed E-state index contributed by atoms with van der Waals surface area (Å²) in [6, 6.07) is 9.11. The Balaban J connectivity index is 1.49. The Morgan fingerprint density at radius 1 is 1.24 bits per heavy atom. The molecule has 1 saturated heterocycles. The lowest BCUT2D eigenvalue weighted by molar-refractivity contribution is 0.170. The molecule has 2 amide bonds. The maximum atomic E-state index is 13.6. The molecule has 1 fully saturated rings. The number of rotatable bonds is 5. The number of carbonyl (C=O) groups excluding carboxylic acids is 1. The molecule has 25 heavy (non-hydrogen) atoms. The monoisotopic (exact) mass is 344 g/mol. The lowest BCUT2D eigenvalue weighted by Gasteiger charge is -2.16. The summed E-state index contributed by atoms with van der Waals surface area (Å²) >= 11 is 0. The molecule has 0 radical (unpaired) electrons. The van der Waals surface area contributed by atoms with E-state index in [4.69, 9.17) is 0 Å². The number of aromatic nitrogens is 1. The van der Waals surface area contributed by atoms with Gasteiger partial charge in [0.1, 0.15) is 11.6 Å². The minimum absolute atomic E-state index is 0.0912. The van der Waals surface area contributed by atoms with Gasteiger partial charge in [0.25, 0.3) is 0 Å². The van der Waals surface area contributed by atoms with Crippen LogP contribution in [0.5, 0.6) is 0 Å². The van der Waals surface area contributed by atoms with E-state index >= 15 is 0 Å². The summed E-state index contributed by atoms with van der Waals surface area (Å²) in [6.07, 6.45) is 2.84. The maximum absolute atomic E-state index is 13.6. The fourth-order valence-corrected chi connectivity index (χ4v) is 2.81. The molecule has 1 aromatic heterocycles. The second-order valence-corrected chi connectivity index (χ2v) is 5.97. The number of urea groups is 1. The highest BCUT2D eigenvalue weighted by molar-refractivity contribution is 5.89. The summed E-state index contributed by atoms with van der Waals surface area (Å²) in [4.78, 5) is 18.5. The zero-order valence-corrected chi connectivity index (χ0v) is 13.8. The number of nitrogens with zero attached hydrogens (tertiary/aromatic N) is 2. The second-order valence-electron chi connectivity index (χ2n) is 5.97. The number of hydrogen-bond acceptors (Lipinski definition) is 4. The van der Waals surface area contributed by atoms with Crippen molar-refractivity contribution in [3.63, 3.8) is 0 Å². The molecule has 1 aliphatic rings. The number of halogens is 1. The number of carbonyl (C=O) groups is 1. The molecular formula is C18H21FN4O2. The van der Waals surface area contributed by atoms with E-state index < -0.39 is 18.0 Å². The summed E-state index contributed by atoms with van der Waals surface area (Å²) in [7, 11) is 0. The molecule has 7 heteroatoms. The normalized spacial score (nSPS) is 15.0. The Kier molecular flexibility index (Phi) is 5.45. The molecule has 0 bridgehead atoms. The SMILES string of the molecule is O=C(NCC(O)c1ccccc1F)Nc1ccc(N2CCCC2)nc1. The number of amides is 2. The molecule has 0 aliphatic carbocycles. The van der Waals surface area contributed by atoms with Crippen LogP contribution in [0.2, 0.25) is 0 Å². The summed E-state index contributed by atoms with van der Waals surface area (Å²) in [5, 5.41) is 15.1. The van der Waals surface area contributed by atoms with Gasteiger partial charge in [0, 0.05) is 25.2 Å². The third-order valence-corrected chi connectivity index (χ3v) is 4.16. The van der Waals surface area contributed by atoms with Crippen LogP contribution in [-0.4, -0.2) is 35.8 Å². The molecule has 1 aliphatic heterocycles. The topological polar surface area (TPSA) is 77.5 Å². The van der Waals surface area contributed by atoms with Crippen LogP contribution in [0.4, 0.5) is 20.7 Å². The molecule has 0 spiro atoms. The lowest BCUT2D eigenvalue weighted by Crippen LogP contribution is -2.32. The van der Waals surface area contributed by atoms with Crippen LogP contribution in [0.1, 0.15) is 24.5 Å². The number of aliphatic hydroxyl groups excluding tert-OH is 1. The number of hydrogen-bond donors (Lipinski definition) is 3. The van der Waals surface area contributed by atoms with E-state index in [0.29, 0.717) is 5.69 Å². The summed E-state index contributed by atoms with van der Waals surface area (Å²) in [5.74, 6) is 0.400. The molecule has 1 unspecified atom stereocenters. The van der Waals surface area contributed by atoms with Gasteiger partial charge >= 0.3 is 6.03 Å². The molecule has 2 aromatic rings. The maximum Gasteiger partial charge on any atom is 0.319 e. The number of aliphatic hydroxyl groups is 1. The van der Waals surface area contributed by atoms with Gasteiger partial charge in [-0.25, -0.2) is 14.2 Å². The van der Waals surface area contributed by atoms with Crippen molar-refractivity contribution in [2.75, 3.05) is 29.9 Å². The Morgan fingerprint density at radius 2 is 2.00 bits per heavy atom. The second kappa shape index (κ2) is 7.94. The van der Waals surface area contributed by atoms with E-state index in [1.807, 2.05) is 6.07 Å². The van der Waals surface area contributed by atoms with Crippen molar-refractivity contribution in [3.8, 4) is 0 Å². The Morgan fingerprint density at radius 3 is 2.68 bits per heavy atom. The number of benzene rings is 1. The highest BCUT2D eigenvalue weighted by Crippen LogP contribution is 2.19. The Labute approximate surface area is 145 Å². The van der Waals surface area contributed by atoms with Gasteiger partial charge < -0.3 is 20.6 Å². The Bertz CT molecular complexity index is 717. The third-order valence-electron chi connectivity index (χ3n) is 4.16. The summed E-state index contributed by atoms with van der Waals surface area (Å²) in [5.41, 5.74) is 0.709. The standard InChI is InChI=1S/C18H21FN4O2/c19-15-6-2-1-5-14(15)16(24)12-21-18(25)22-13-7-8-17(20-11-13)23-9-3-4-10-23/h1-2,5-8,11,16,24H,3-4,9-10,12H2,(H2,21,22,25). The molecular weight excluding hydrogens is 323 g/mol. The van der Waals surface area contributed by atoms with Crippen LogP contribution < -0.4 is 15.5 Å². The smallest absolute Gasteiger partial charge is 0.319 e. The van der Waals surface area contributed by atoms with Gasteiger partial charge in [-0.15, -0.1) is 0 Å². The van der Waals surface area contributed by atoms with Crippen LogP contribution in [0.3, 0.4) is 0 Å². The minimum atomic E-state index is -1.11. The Hall–Kier alpha value is -2.67. The zero-order chi connectivity index (χ0) is 17.6. The van der Waals surface area contributed by atoms with Crippen LogP contribution >= 0.6 is 0 Å². The quantitative estimate of drug-likeness (QED) is 0.779. The van der Waals surface area contributed by atoms with Crippen LogP contribution in [0, 0.1) is 5.82 Å².